The summed E-state index contributed by atoms with van der Waals surface area (Å²) in [6.07, 6.45) is 4.31. The number of primary amides is 1. The number of fused-ring (bicyclic) bond motifs is 5. The van der Waals surface area contributed by atoms with Crippen molar-refractivity contribution >= 4 is 76.6 Å². The Kier molecular flexibility index (Phi) is 31.9. The lowest BCUT2D eigenvalue weighted by Crippen LogP contribution is -2.53. The molecular weight excluding hydrogens is 1300 g/mol. The van der Waals surface area contributed by atoms with Gasteiger partial charge in [-0.15, -0.1) is 0 Å². The molecule has 6 amide bonds. The fraction of sp³-hybridized carbons (Fsp3) is 0.649. The number of carbonyl (C=O) groups excluding carboxylic acids is 10. The number of amides is 6. The number of benzene rings is 2. The molecule has 0 aromatic heterocycles. The van der Waals surface area contributed by atoms with E-state index in [1.54, 1.807) is 62.4 Å². The fourth-order valence-electron chi connectivity index (χ4n) is 12.7. The zero-order valence-corrected chi connectivity index (χ0v) is 61.5. The number of nitrogens with zero attached hydrogens (tertiary/aromatic N) is 3. The van der Waals surface area contributed by atoms with Crippen LogP contribution in [-0.4, -0.2) is 177 Å². The van der Waals surface area contributed by atoms with E-state index in [4.69, 9.17) is 50.5 Å². The Balaban J connectivity index is 1.16. The minimum absolute atomic E-state index is 0.00797. The second-order valence-electron chi connectivity index (χ2n) is 28.4. The average molecular weight is 1410 g/mol. The number of anilines is 1. The molecule has 4 bridgehead atoms. The Morgan fingerprint density at radius 3 is 2.18 bits per heavy atom. The van der Waals surface area contributed by atoms with Crippen molar-refractivity contribution in [1.82, 2.24) is 20.4 Å². The number of nitrogens with two attached hydrogens (primary N) is 1. The number of carbonyl (C=O) groups is 10. The van der Waals surface area contributed by atoms with Gasteiger partial charge < -0.3 is 69.3 Å². The number of ether oxygens (including phenoxy) is 7. The van der Waals surface area contributed by atoms with Crippen LogP contribution in [-0.2, 0) is 86.2 Å². The number of epoxide rings is 1. The van der Waals surface area contributed by atoms with E-state index in [1.807, 2.05) is 26.8 Å². The van der Waals surface area contributed by atoms with Gasteiger partial charge in [0.2, 0.25) is 17.7 Å². The molecule has 2 saturated heterocycles. The van der Waals surface area contributed by atoms with Crippen molar-refractivity contribution in [3.05, 3.63) is 81.9 Å². The summed E-state index contributed by atoms with van der Waals surface area (Å²) < 4.78 is 40.9. The molecule has 0 aliphatic carbocycles. The Morgan fingerprint density at radius 2 is 1.56 bits per heavy atom. The number of methoxy groups -OCH3 is 2. The summed E-state index contributed by atoms with van der Waals surface area (Å²) in [5.74, 6) is -4.10. The van der Waals surface area contributed by atoms with E-state index >= 15 is 0 Å². The topological polar surface area (TPSA) is 319 Å². The predicted octanol–water partition coefficient (Wildman–Crippen LogP) is 9.51. The smallest absolute Gasteiger partial charge is 0.409 e. The number of rotatable bonds is 33. The van der Waals surface area contributed by atoms with Crippen LogP contribution in [0.15, 0.2) is 60.2 Å². The molecule has 10 atom stereocenters. The largest absolute Gasteiger partial charge is 0.495 e. The molecule has 5 N–H and O–H groups in total. The summed E-state index contributed by atoms with van der Waals surface area (Å²) in [4.78, 5) is 138. The van der Waals surface area contributed by atoms with Gasteiger partial charge >= 0.3 is 30.0 Å². The van der Waals surface area contributed by atoms with Gasteiger partial charge in [0.1, 0.15) is 58.7 Å². The number of likely N-dealkylation sites (N-methyl/N-ethyl adjacent to an activating group) is 1. The highest BCUT2D eigenvalue weighted by atomic mass is 35.5. The van der Waals surface area contributed by atoms with Gasteiger partial charge in [0.25, 0.3) is 0 Å². The van der Waals surface area contributed by atoms with E-state index in [9.17, 15) is 53.1 Å². The van der Waals surface area contributed by atoms with Crippen molar-refractivity contribution in [1.29, 1.82) is 0 Å². The van der Waals surface area contributed by atoms with Gasteiger partial charge in [-0.2, -0.15) is 0 Å². The van der Waals surface area contributed by atoms with Crippen LogP contribution >= 0.6 is 11.6 Å². The van der Waals surface area contributed by atoms with E-state index in [2.05, 4.69) is 38.3 Å². The van der Waals surface area contributed by atoms with Crippen LogP contribution < -0.4 is 26.0 Å². The summed E-state index contributed by atoms with van der Waals surface area (Å²) in [5.41, 5.74) is 5.48. The third-order valence-electron chi connectivity index (χ3n) is 19.0. The number of Topliss-reactive ketones (excluding diaryl/α,β-unsaturated/α-hetero) is 2. The quantitative estimate of drug-likeness (QED) is 0.0224. The minimum Gasteiger partial charge on any atom is -0.495 e. The summed E-state index contributed by atoms with van der Waals surface area (Å²) in [6.45, 7) is 19.1. The van der Waals surface area contributed by atoms with Gasteiger partial charge in [-0.1, -0.05) is 108 Å². The highest BCUT2D eigenvalue weighted by Gasteiger charge is 2.64. The highest BCUT2D eigenvalue weighted by Crippen LogP contribution is 2.50. The first-order chi connectivity index (χ1) is 46.6. The first-order valence-corrected chi connectivity index (χ1v) is 35.0. The van der Waals surface area contributed by atoms with Gasteiger partial charge in [0.05, 0.1) is 50.3 Å². The maximum atomic E-state index is 14.5. The predicted molar refractivity (Wildman–Crippen MR) is 373 cm³/mol. The van der Waals surface area contributed by atoms with Crippen molar-refractivity contribution in [2.75, 3.05) is 60.0 Å². The van der Waals surface area contributed by atoms with E-state index in [0.717, 1.165) is 24.0 Å². The molecule has 2 fully saturated rings. The number of ketones is 2. The van der Waals surface area contributed by atoms with Gasteiger partial charge in [-0.3, -0.25) is 33.6 Å². The number of nitrogens with one attached hydrogen (secondary N) is 2. The van der Waals surface area contributed by atoms with E-state index < -0.39 is 108 Å². The molecule has 24 nitrogen and oxygen atoms in total. The Hall–Kier alpha value is -7.41. The molecule has 0 unspecified atom stereocenters. The molecule has 2 aromatic carbocycles. The number of esters is 3. The van der Waals surface area contributed by atoms with Gasteiger partial charge in [-0.05, 0) is 119 Å². The number of allylic oxidation sites excluding steroid dienone is 3. The van der Waals surface area contributed by atoms with Gasteiger partial charge in [-0.25, -0.2) is 14.4 Å². The van der Waals surface area contributed by atoms with Crippen molar-refractivity contribution in [2.24, 2.45) is 41.2 Å². The van der Waals surface area contributed by atoms with Crippen LogP contribution in [0.5, 0.6) is 5.75 Å². The molecule has 99 heavy (non-hydrogen) atoms. The van der Waals surface area contributed by atoms with Crippen LogP contribution in [0.4, 0.5) is 15.3 Å². The van der Waals surface area contributed by atoms with Crippen LogP contribution in [0.3, 0.4) is 0 Å². The summed E-state index contributed by atoms with van der Waals surface area (Å²) in [6, 6.07) is 7.43. The number of urea groups is 1. The summed E-state index contributed by atoms with van der Waals surface area (Å²) >= 11 is 6.86. The van der Waals surface area contributed by atoms with Crippen molar-refractivity contribution in [3.63, 3.8) is 0 Å². The van der Waals surface area contributed by atoms with Crippen LogP contribution in [0.2, 0.25) is 5.02 Å². The SMILES string of the molecule is COc1cc2cc(c1Cl)N(C)C(=O)C[C@@H](OC(=O)[C@H](C)N(C)C(=O)CCN(C)C(=O)OCc1ccc(CC(=O)[C@H](CCCNC(N)=O)NC(=O)[C@@H](CC(=O)CCCCCOC(=O)C(CC(C)C)CC(C)C)C(C)C)cc1)[C@]1(C)O[C@H]1[C@H](C)[C@@H]1C[C@@](O)(CC(=O)O1)[C@H](OC)/C=C/C=C(\C)C2. The van der Waals surface area contributed by atoms with Gasteiger partial charge in [0, 0.05) is 85.3 Å². The monoisotopic (exact) mass is 1400 g/mol. The summed E-state index contributed by atoms with van der Waals surface area (Å²) in [7, 11) is 7.31. The number of hydrogen-bond donors (Lipinski definition) is 4. The fourth-order valence-corrected chi connectivity index (χ4v) is 13.1. The lowest BCUT2D eigenvalue weighted by atomic mass is 9.78. The molecule has 25 heteroatoms. The Labute approximate surface area is 589 Å². The summed E-state index contributed by atoms with van der Waals surface area (Å²) in [5, 5.41) is 17.6. The lowest BCUT2D eigenvalue weighted by Gasteiger charge is -2.41. The number of unbranched alkanes of at least 4 members (excludes halogenated alkanes) is 2. The second kappa shape index (κ2) is 38.4. The molecule has 5 rings (SSSR count). The van der Waals surface area contributed by atoms with E-state index in [0.29, 0.717) is 66.5 Å². The van der Waals surface area contributed by atoms with Crippen LogP contribution in [0, 0.1) is 35.5 Å². The molecule has 3 aliphatic heterocycles. The zero-order chi connectivity index (χ0) is 73.6. The molecule has 2 aromatic rings. The molecule has 3 heterocycles. The maximum absolute atomic E-state index is 14.5. The molecule has 0 saturated carbocycles. The third kappa shape index (κ3) is 24.7. The number of halogens is 1. The minimum atomic E-state index is -1.66. The molecular formula is C74H109ClN6O18. The van der Waals surface area contributed by atoms with Crippen molar-refractivity contribution in [2.45, 2.75) is 220 Å². The maximum Gasteiger partial charge on any atom is 0.409 e. The Bertz CT molecular complexity index is 3180. The van der Waals surface area contributed by atoms with E-state index in [-0.39, 0.29) is 106 Å². The van der Waals surface area contributed by atoms with E-state index in [1.165, 1.54) is 57.0 Å². The zero-order valence-electron chi connectivity index (χ0n) is 60.7. The van der Waals surface area contributed by atoms with Gasteiger partial charge in [0.15, 0.2) is 5.78 Å². The normalized spacial score (nSPS) is 22.8. The van der Waals surface area contributed by atoms with Crippen molar-refractivity contribution in [3.8, 4) is 5.75 Å². The standard InChI is InChI=1S/C74H109ClN6O18/c1-44(2)33-53(34-45(3)4)70(89)95-32-18-16-17-22-54(82)39-55(46(5)6)68(87)78-56(23-20-30-77-71(76)90)58(83)37-50-25-27-51(28-26-50)43-96-72(91)79(11)31-29-63(84)80(12)49(9)69(88)98-62-40-64(85)81(13)57-36-52(38-59(93-14)66(57)75)35-47(7)21-19-24-61(94-15)74(92)41-60(97-65(86)42-74)48(8)67-73(62,10)99-67/h19,21,24-28,36,38,44-46,48-49,53,55-56,60-62,67,92H,16-18,20,22-23,29-35,37,39-43H2,1-15H3,(H,78,87)(H3,76,77,90)/b24-19+,47-21+/t48-,49+,55+,56+,60+,61-,62-,67+,73+,74-/m1/s1. The molecule has 0 radical (unpaired) electrons. The average Bonchev–Trinajstić information content (AvgIpc) is 1.58. The number of aliphatic hydroxyl groups is 1. The Morgan fingerprint density at radius 1 is 0.889 bits per heavy atom. The highest BCUT2D eigenvalue weighted by molar-refractivity contribution is 6.35. The first kappa shape index (κ1) is 82.3. The van der Waals surface area contributed by atoms with Crippen LogP contribution in [0.1, 0.15) is 169 Å². The molecule has 0 spiro atoms. The second-order valence-corrected chi connectivity index (χ2v) is 28.8. The number of hydrogen-bond acceptors (Lipinski definition) is 18. The molecule has 550 valence electrons. The molecule has 3 aliphatic rings. The van der Waals surface area contributed by atoms with Crippen molar-refractivity contribution < 1.29 is 86.2 Å². The first-order valence-electron chi connectivity index (χ1n) is 34.7. The third-order valence-corrected chi connectivity index (χ3v) is 19.4. The lowest BCUT2D eigenvalue weighted by molar-refractivity contribution is -0.187. The van der Waals surface area contributed by atoms with Crippen LogP contribution in [0.25, 0.3) is 0 Å².